The van der Waals surface area contributed by atoms with E-state index in [2.05, 4.69) is 18.6 Å². The molecule has 0 bridgehead atoms. The van der Waals surface area contributed by atoms with Crippen molar-refractivity contribution >= 4 is 42.6 Å². The summed E-state index contributed by atoms with van der Waals surface area (Å²) in [4.78, 5) is 3.46. The third kappa shape index (κ3) is 4.26. The minimum atomic E-state index is -5.66. The molecule has 18 heavy (non-hydrogen) atoms. The fourth-order valence-corrected chi connectivity index (χ4v) is 2.03. The minimum absolute atomic E-state index is 0.175. The zero-order valence-electron chi connectivity index (χ0n) is 18.2. The summed E-state index contributed by atoms with van der Waals surface area (Å²) in [5.74, 6) is -0.873. The Morgan fingerprint density at radius 1 is 1.33 bits per heavy atom. The molecule has 0 N–H and O–H groups in total. The van der Waals surface area contributed by atoms with Crippen LogP contribution in [0.3, 0.4) is 0 Å². The molecule has 9 heteroatoms. The smallest absolute Gasteiger partial charge is 0.384 e. The largest absolute Gasteiger partial charge is 0.531 e. The standard InChI is InChI=1S/C9H11Cl3NO4P/c1-3-15-18(14,16-4-2)17-9-7(11)5-6(10)8(12)13-9/h5H,3-4H2,1-2H3/i1D3,2D3,3D2,4D2. The predicted octanol–water partition coefficient (Wildman–Crippen LogP) is 4.60. The first-order chi connectivity index (χ1) is 12.2. The van der Waals surface area contributed by atoms with E-state index in [0.717, 1.165) is 6.07 Å². The van der Waals surface area contributed by atoms with Gasteiger partial charge in [0.1, 0.15) is 5.02 Å². The summed E-state index contributed by atoms with van der Waals surface area (Å²) in [6, 6.07) is 0.953. The highest BCUT2D eigenvalue weighted by Crippen LogP contribution is 2.50. The van der Waals surface area contributed by atoms with Crippen LogP contribution in [0.25, 0.3) is 0 Å². The molecule has 1 rings (SSSR count). The van der Waals surface area contributed by atoms with Gasteiger partial charge in [-0.1, -0.05) is 34.8 Å². The van der Waals surface area contributed by atoms with E-state index in [0.29, 0.717) is 0 Å². The van der Waals surface area contributed by atoms with Crippen molar-refractivity contribution < 1.29 is 31.8 Å². The number of hydrogen-bond donors (Lipinski definition) is 0. The molecule has 0 aliphatic carbocycles. The SMILES string of the molecule is [2H]C([2H])([2H])C([2H])([2H])OP(=O)(Oc1nc(Cl)c(Cl)cc1Cl)OC([2H])([2H])C([2H])([2H])[2H]. The van der Waals surface area contributed by atoms with E-state index >= 15 is 0 Å². The lowest BCUT2D eigenvalue weighted by Gasteiger charge is -2.17. The van der Waals surface area contributed by atoms with Gasteiger partial charge in [-0.3, -0.25) is 9.05 Å². The number of nitrogens with zero attached hydrogens (tertiary/aromatic N) is 1. The minimum Gasteiger partial charge on any atom is -0.384 e. The number of rotatable bonds is 6. The molecule has 0 aliphatic rings. The number of phosphoric ester groups is 1. The molecule has 0 unspecified atom stereocenters. The highest BCUT2D eigenvalue weighted by molar-refractivity contribution is 7.48. The molecule has 0 fully saturated rings. The number of pyridine rings is 1. The highest BCUT2D eigenvalue weighted by Gasteiger charge is 2.29. The number of hydrogen-bond acceptors (Lipinski definition) is 5. The molecule has 1 heterocycles. The maximum absolute atomic E-state index is 12.8. The van der Waals surface area contributed by atoms with Gasteiger partial charge in [0.25, 0.3) is 0 Å². The topological polar surface area (TPSA) is 57.7 Å². The molecule has 5 nitrogen and oxygen atoms in total. The van der Waals surface area contributed by atoms with Crippen LogP contribution < -0.4 is 4.52 Å². The first-order valence-corrected chi connectivity index (χ1v) is 6.53. The van der Waals surface area contributed by atoms with Gasteiger partial charge >= 0.3 is 7.82 Å². The molecule has 102 valence electrons. The van der Waals surface area contributed by atoms with Gasteiger partial charge in [-0.25, -0.2) is 4.57 Å². The van der Waals surface area contributed by atoms with Gasteiger partial charge in [0.05, 0.1) is 23.6 Å². The first kappa shape index (κ1) is 6.61. The first-order valence-electron chi connectivity index (χ1n) is 8.93. The average molecular weight is 345 g/mol. The zero-order chi connectivity index (χ0) is 22.3. The Balaban J connectivity index is 3.44. The number of halogens is 3. The average Bonchev–Trinajstić information content (AvgIpc) is 2.40. The fourth-order valence-electron chi connectivity index (χ4n) is 0.766. The quantitative estimate of drug-likeness (QED) is 0.557. The summed E-state index contributed by atoms with van der Waals surface area (Å²) < 4.78 is 98.0. The van der Waals surface area contributed by atoms with Crippen molar-refractivity contribution in [1.82, 2.24) is 4.98 Å². The van der Waals surface area contributed by atoms with Crippen molar-refractivity contribution in [3.63, 3.8) is 0 Å². The lowest BCUT2D eigenvalue weighted by molar-refractivity contribution is 0.166. The molecule has 0 aromatic carbocycles. The lowest BCUT2D eigenvalue weighted by atomic mass is 10.5. The normalized spacial score (nSPS) is 22.8. The van der Waals surface area contributed by atoms with E-state index in [1.165, 1.54) is 0 Å². The van der Waals surface area contributed by atoms with E-state index in [1.807, 2.05) is 0 Å². The molecule has 0 atom stereocenters. The molecule has 0 aliphatic heterocycles. The number of aromatic nitrogens is 1. The maximum atomic E-state index is 12.8. The molecule has 0 radical (unpaired) electrons. The maximum Gasteiger partial charge on any atom is 0.531 e. The van der Waals surface area contributed by atoms with Crippen molar-refractivity contribution in [3.05, 3.63) is 21.3 Å². The monoisotopic (exact) mass is 343 g/mol. The Morgan fingerprint density at radius 2 is 1.94 bits per heavy atom. The van der Waals surface area contributed by atoms with Gasteiger partial charge < -0.3 is 4.52 Å². The van der Waals surface area contributed by atoms with Gasteiger partial charge in [0.2, 0.25) is 5.88 Å². The molecule has 0 saturated carbocycles. The van der Waals surface area contributed by atoms with Crippen LogP contribution >= 0.6 is 42.6 Å². The van der Waals surface area contributed by atoms with E-state index in [4.69, 9.17) is 48.5 Å². The second kappa shape index (κ2) is 6.94. The highest BCUT2D eigenvalue weighted by atomic mass is 35.5. The van der Waals surface area contributed by atoms with E-state index in [9.17, 15) is 4.57 Å². The summed E-state index contributed by atoms with van der Waals surface area (Å²) in [5.41, 5.74) is 0. The predicted molar refractivity (Wildman–Crippen MR) is 70.8 cm³/mol. The Hall–Kier alpha value is -0.0300. The van der Waals surface area contributed by atoms with Crippen LogP contribution in [-0.4, -0.2) is 18.1 Å². The van der Waals surface area contributed by atoms with Crippen molar-refractivity contribution in [1.29, 1.82) is 0 Å². The van der Waals surface area contributed by atoms with Crippen molar-refractivity contribution in [2.24, 2.45) is 0 Å². The summed E-state index contributed by atoms with van der Waals surface area (Å²) >= 11 is 17.1. The third-order valence-electron chi connectivity index (χ3n) is 1.37. The zero-order valence-corrected chi connectivity index (χ0v) is 11.4. The second-order valence-corrected chi connectivity index (χ2v) is 5.09. The summed E-state index contributed by atoms with van der Waals surface area (Å²) in [5, 5.41) is -1.10. The Labute approximate surface area is 134 Å². The van der Waals surface area contributed by atoms with Gasteiger partial charge in [0, 0.05) is 8.22 Å². The summed E-state index contributed by atoms with van der Waals surface area (Å²) in [7, 11) is -5.66. The molecule has 1 aromatic rings. The van der Waals surface area contributed by atoms with E-state index < -0.39 is 50.7 Å². The molecule has 0 saturated heterocycles. The Bertz CT molecular complexity index is 755. The van der Waals surface area contributed by atoms with Crippen molar-refractivity contribution in [2.75, 3.05) is 13.1 Å². The molecular formula is C9H11Cl3NO4P. The summed E-state index contributed by atoms with van der Waals surface area (Å²) in [6.45, 7) is -14.5. The fraction of sp³-hybridized carbons (Fsp3) is 0.444. The molecule has 0 spiro atoms. The van der Waals surface area contributed by atoms with Gasteiger partial charge in [-0.15, -0.1) is 0 Å². The lowest BCUT2D eigenvalue weighted by Crippen LogP contribution is -2.03. The van der Waals surface area contributed by atoms with Crippen LogP contribution in [0.4, 0.5) is 0 Å². The van der Waals surface area contributed by atoms with Crippen molar-refractivity contribution in [2.45, 2.75) is 13.7 Å². The molecule has 0 amide bonds. The van der Waals surface area contributed by atoms with E-state index in [-0.39, 0.29) is 5.02 Å². The third-order valence-corrected chi connectivity index (χ3v) is 3.34. The van der Waals surface area contributed by atoms with Gasteiger partial charge in [-0.2, -0.15) is 4.98 Å². The van der Waals surface area contributed by atoms with Crippen LogP contribution in [0.1, 0.15) is 27.4 Å². The Morgan fingerprint density at radius 3 is 2.50 bits per heavy atom. The van der Waals surface area contributed by atoms with Crippen LogP contribution in [0, 0.1) is 0 Å². The van der Waals surface area contributed by atoms with E-state index in [1.54, 1.807) is 0 Å². The number of phosphoric acid groups is 1. The van der Waals surface area contributed by atoms with Crippen LogP contribution in [0.5, 0.6) is 5.88 Å². The second-order valence-electron chi connectivity index (χ2n) is 2.47. The Kier molecular flexibility index (Phi) is 2.55. The van der Waals surface area contributed by atoms with Crippen molar-refractivity contribution in [3.8, 4) is 5.88 Å². The molecular weight excluding hydrogens is 323 g/mol. The molecule has 1 aromatic heterocycles. The van der Waals surface area contributed by atoms with Crippen LogP contribution in [0.15, 0.2) is 6.07 Å². The van der Waals surface area contributed by atoms with Crippen LogP contribution in [0.2, 0.25) is 15.2 Å². The van der Waals surface area contributed by atoms with Gasteiger partial charge in [-0.05, 0) is 19.8 Å². The van der Waals surface area contributed by atoms with Crippen LogP contribution in [-0.2, 0) is 13.6 Å². The summed E-state index contributed by atoms with van der Waals surface area (Å²) in [6.07, 6.45) is 0. The van der Waals surface area contributed by atoms with Gasteiger partial charge in [0.15, 0.2) is 5.15 Å².